The first-order valence-corrected chi connectivity index (χ1v) is 6.77. The van der Waals surface area contributed by atoms with E-state index in [9.17, 15) is 5.11 Å². The van der Waals surface area contributed by atoms with E-state index in [1.165, 1.54) is 0 Å². The number of benzene rings is 2. The van der Waals surface area contributed by atoms with Gasteiger partial charge < -0.3 is 5.11 Å². The van der Waals surface area contributed by atoms with Crippen LogP contribution in [0.15, 0.2) is 54.6 Å². The van der Waals surface area contributed by atoms with E-state index in [2.05, 4.69) is 23.2 Å². The lowest BCUT2D eigenvalue weighted by atomic mass is 10.1. The summed E-state index contributed by atoms with van der Waals surface area (Å²) in [4.78, 5) is 0. The van der Waals surface area contributed by atoms with Gasteiger partial charge in [-0.2, -0.15) is 0 Å². The minimum Gasteiger partial charge on any atom is -0.507 e. The molecule has 0 spiro atoms. The predicted molar refractivity (Wildman–Crippen MR) is 82.3 cm³/mol. The Balaban J connectivity index is 2.18. The van der Waals surface area contributed by atoms with Gasteiger partial charge in [-0.25, -0.2) is 0 Å². The third-order valence-corrected chi connectivity index (χ3v) is 3.75. The van der Waals surface area contributed by atoms with E-state index >= 15 is 0 Å². The highest BCUT2D eigenvalue weighted by atomic mass is 16.3. The molecule has 0 aliphatic carbocycles. The van der Waals surface area contributed by atoms with Crippen molar-refractivity contribution in [2.75, 3.05) is 0 Å². The zero-order valence-corrected chi connectivity index (χ0v) is 11.5. The van der Waals surface area contributed by atoms with Crippen molar-refractivity contribution in [3.05, 3.63) is 60.2 Å². The summed E-state index contributed by atoms with van der Waals surface area (Å²) in [7, 11) is 0. The number of rotatable bonds is 1. The Kier molecular flexibility index (Phi) is 2.44. The van der Waals surface area contributed by atoms with Crippen molar-refractivity contribution in [3.8, 4) is 17.1 Å². The Bertz CT molecular complexity index is 972. The second kappa shape index (κ2) is 4.31. The van der Waals surface area contributed by atoms with Crippen LogP contribution in [0.2, 0.25) is 0 Å². The summed E-state index contributed by atoms with van der Waals surface area (Å²) in [6.07, 6.45) is 0. The van der Waals surface area contributed by atoms with Crippen molar-refractivity contribution in [2.45, 2.75) is 6.92 Å². The molecule has 0 amide bonds. The lowest BCUT2D eigenvalue weighted by Crippen LogP contribution is -1.94. The zero-order valence-electron chi connectivity index (χ0n) is 11.5. The first kappa shape index (κ1) is 11.9. The monoisotopic (exact) mass is 275 g/mol. The lowest BCUT2D eigenvalue weighted by Gasteiger charge is -2.08. The smallest absolute Gasteiger partial charge is 0.172 e. The molecule has 4 nitrogen and oxygen atoms in total. The van der Waals surface area contributed by atoms with Gasteiger partial charge >= 0.3 is 0 Å². The maximum Gasteiger partial charge on any atom is 0.172 e. The number of phenols is 1. The Morgan fingerprint density at radius 2 is 1.71 bits per heavy atom. The third-order valence-electron chi connectivity index (χ3n) is 3.75. The number of nitrogens with zero attached hydrogens (tertiary/aromatic N) is 3. The van der Waals surface area contributed by atoms with Crippen LogP contribution in [0.5, 0.6) is 5.75 Å². The summed E-state index contributed by atoms with van der Waals surface area (Å²) in [6, 6.07) is 17.3. The molecule has 0 atom stereocenters. The summed E-state index contributed by atoms with van der Waals surface area (Å²) in [5.41, 5.74) is 3.66. The second-order valence-corrected chi connectivity index (χ2v) is 5.08. The van der Waals surface area contributed by atoms with Crippen LogP contribution in [-0.4, -0.2) is 19.7 Å². The summed E-state index contributed by atoms with van der Waals surface area (Å²) in [5, 5.41) is 19.8. The van der Waals surface area contributed by atoms with Crippen molar-refractivity contribution in [2.24, 2.45) is 0 Å². The van der Waals surface area contributed by atoms with Gasteiger partial charge in [0.25, 0.3) is 0 Å². The van der Waals surface area contributed by atoms with Crippen LogP contribution in [0, 0.1) is 6.92 Å². The fraction of sp³-hybridized carbons (Fsp3) is 0.0588. The zero-order chi connectivity index (χ0) is 14.4. The number of hydrogen-bond donors (Lipinski definition) is 1. The van der Waals surface area contributed by atoms with Crippen molar-refractivity contribution >= 4 is 16.6 Å². The van der Waals surface area contributed by atoms with E-state index in [1.807, 2.05) is 40.8 Å². The van der Waals surface area contributed by atoms with E-state index in [0.29, 0.717) is 11.4 Å². The van der Waals surface area contributed by atoms with Gasteiger partial charge in [-0.05, 0) is 36.8 Å². The molecule has 4 rings (SSSR count). The second-order valence-electron chi connectivity index (χ2n) is 5.08. The summed E-state index contributed by atoms with van der Waals surface area (Å²) in [5.74, 6) is 0.857. The van der Waals surface area contributed by atoms with E-state index in [1.54, 1.807) is 12.1 Å². The number of fused-ring (bicyclic) bond motifs is 3. The van der Waals surface area contributed by atoms with Crippen LogP contribution < -0.4 is 0 Å². The Labute approximate surface area is 121 Å². The molecule has 0 aliphatic rings. The van der Waals surface area contributed by atoms with Crippen LogP contribution >= 0.6 is 0 Å². The number of para-hydroxylation sites is 2. The maximum absolute atomic E-state index is 10.1. The quantitative estimate of drug-likeness (QED) is 0.578. The summed E-state index contributed by atoms with van der Waals surface area (Å²) < 4.78 is 1.98. The van der Waals surface area contributed by atoms with Gasteiger partial charge in [0.05, 0.1) is 11.1 Å². The number of pyridine rings is 1. The van der Waals surface area contributed by atoms with Gasteiger partial charge in [0.2, 0.25) is 0 Å². The average molecular weight is 275 g/mol. The van der Waals surface area contributed by atoms with Gasteiger partial charge in [0.15, 0.2) is 11.5 Å². The topological polar surface area (TPSA) is 50.4 Å². The van der Waals surface area contributed by atoms with Gasteiger partial charge in [-0.1, -0.05) is 30.3 Å². The van der Waals surface area contributed by atoms with Crippen molar-refractivity contribution in [1.82, 2.24) is 14.6 Å². The molecule has 2 heterocycles. The maximum atomic E-state index is 10.1. The number of aryl methyl sites for hydroxylation is 1. The van der Waals surface area contributed by atoms with Gasteiger partial charge in [0.1, 0.15) is 5.75 Å². The Morgan fingerprint density at radius 3 is 2.57 bits per heavy atom. The normalized spacial score (nSPS) is 11.3. The van der Waals surface area contributed by atoms with Gasteiger partial charge in [-0.3, -0.25) is 4.40 Å². The van der Waals surface area contributed by atoms with Crippen LogP contribution in [0.3, 0.4) is 0 Å². The molecule has 0 bridgehead atoms. The van der Waals surface area contributed by atoms with Crippen molar-refractivity contribution < 1.29 is 5.11 Å². The highest BCUT2D eigenvalue weighted by Gasteiger charge is 2.14. The first-order chi connectivity index (χ1) is 10.3. The minimum atomic E-state index is 0.205. The molecule has 0 fully saturated rings. The standard InChI is InChI=1S/C17H13N3O/c1-11-10-16-18-19-17(13-7-3-5-9-15(13)21)20(16)14-8-4-2-6-12(11)14/h2-10,21H,1H3. The largest absolute Gasteiger partial charge is 0.507 e. The molecule has 1 N–H and O–H groups in total. The molecule has 102 valence electrons. The average Bonchev–Trinajstić information content (AvgIpc) is 2.92. The fourth-order valence-electron chi connectivity index (χ4n) is 2.74. The summed E-state index contributed by atoms with van der Waals surface area (Å²) >= 11 is 0. The minimum absolute atomic E-state index is 0.205. The van der Waals surface area contributed by atoms with E-state index in [4.69, 9.17) is 0 Å². The Hall–Kier alpha value is -2.88. The SMILES string of the molecule is Cc1cc2nnc(-c3ccccc3O)n2c2ccccc12. The predicted octanol–water partition coefficient (Wildman–Crippen LogP) is 3.56. The molecule has 0 saturated heterocycles. The molecule has 4 aromatic rings. The van der Waals surface area contributed by atoms with Crippen molar-refractivity contribution in [3.63, 3.8) is 0 Å². The highest BCUT2D eigenvalue weighted by Crippen LogP contribution is 2.30. The van der Waals surface area contributed by atoms with E-state index in [-0.39, 0.29) is 5.75 Å². The van der Waals surface area contributed by atoms with Crippen LogP contribution in [-0.2, 0) is 0 Å². The number of aromatic nitrogens is 3. The van der Waals surface area contributed by atoms with Gasteiger partial charge in [-0.15, -0.1) is 10.2 Å². The lowest BCUT2D eigenvalue weighted by molar-refractivity contribution is 0.477. The number of phenolic OH excluding ortho intramolecular Hbond substituents is 1. The molecule has 2 aromatic heterocycles. The molecule has 0 aliphatic heterocycles. The molecule has 4 heteroatoms. The third kappa shape index (κ3) is 1.69. The molecule has 0 unspecified atom stereocenters. The molecular weight excluding hydrogens is 262 g/mol. The molecule has 0 saturated carbocycles. The van der Waals surface area contributed by atoms with Crippen LogP contribution in [0.1, 0.15) is 5.56 Å². The van der Waals surface area contributed by atoms with E-state index < -0.39 is 0 Å². The highest BCUT2D eigenvalue weighted by molar-refractivity contribution is 5.87. The van der Waals surface area contributed by atoms with Crippen molar-refractivity contribution in [1.29, 1.82) is 0 Å². The van der Waals surface area contributed by atoms with E-state index in [0.717, 1.165) is 22.1 Å². The molecular formula is C17H13N3O. The first-order valence-electron chi connectivity index (χ1n) is 6.77. The molecule has 21 heavy (non-hydrogen) atoms. The molecule has 2 aromatic carbocycles. The van der Waals surface area contributed by atoms with Gasteiger partial charge in [0, 0.05) is 5.39 Å². The Morgan fingerprint density at radius 1 is 0.952 bits per heavy atom. The van der Waals surface area contributed by atoms with Crippen LogP contribution in [0.25, 0.3) is 27.9 Å². The summed E-state index contributed by atoms with van der Waals surface area (Å²) in [6.45, 7) is 2.07. The molecule has 0 radical (unpaired) electrons. The fourth-order valence-corrected chi connectivity index (χ4v) is 2.74. The number of hydrogen-bond acceptors (Lipinski definition) is 3. The number of aromatic hydroxyl groups is 1. The van der Waals surface area contributed by atoms with Crippen LogP contribution in [0.4, 0.5) is 0 Å².